The van der Waals surface area contributed by atoms with E-state index in [0.717, 1.165) is 12.8 Å². The van der Waals surface area contributed by atoms with Crippen LogP contribution in [0.15, 0.2) is 11.1 Å². The zero-order chi connectivity index (χ0) is 13.5. The lowest BCUT2D eigenvalue weighted by Crippen LogP contribution is -2.52. The van der Waals surface area contributed by atoms with Crippen LogP contribution in [0.2, 0.25) is 0 Å². The zero-order valence-electron chi connectivity index (χ0n) is 10.7. The van der Waals surface area contributed by atoms with Crippen LogP contribution in [0.4, 0.5) is 0 Å². The monoisotopic (exact) mass is 251 g/mol. The predicted molar refractivity (Wildman–Crippen MR) is 63.7 cm³/mol. The van der Waals surface area contributed by atoms with Gasteiger partial charge in [0.15, 0.2) is 0 Å². The fourth-order valence-electron chi connectivity index (χ4n) is 2.97. The van der Waals surface area contributed by atoms with E-state index in [2.05, 4.69) is 0 Å². The standard InChI is InChI=1S/C13H17NO4/c1-8-9(2)12(18)14(11(8)17)13(7-10(15)16)5-3-4-6-13/h3-7H2,1-2H3,(H,15,16). The summed E-state index contributed by atoms with van der Waals surface area (Å²) in [6.45, 7) is 3.25. The smallest absolute Gasteiger partial charge is 0.305 e. The summed E-state index contributed by atoms with van der Waals surface area (Å²) in [6.07, 6.45) is 2.77. The lowest BCUT2D eigenvalue weighted by molar-refractivity contribution is -0.149. The van der Waals surface area contributed by atoms with E-state index in [1.54, 1.807) is 13.8 Å². The lowest BCUT2D eigenvalue weighted by Gasteiger charge is -2.36. The molecule has 0 atom stereocenters. The van der Waals surface area contributed by atoms with E-state index in [0.29, 0.717) is 24.0 Å². The second kappa shape index (κ2) is 4.23. The molecule has 0 unspecified atom stereocenters. The van der Waals surface area contributed by atoms with Gasteiger partial charge in [0.2, 0.25) is 0 Å². The van der Waals surface area contributed by atoms with Gasteiger partial charge in [-0.25, -0.2) is 0 Å². The number of amides is 2. The van der Waals surface area contributed by atoms with Gasteiger partial charge >= 0.3 is 5.97 Å². The van der Waals surface area contributed by atoms with Gasteiger partial charge in [-0.15, -0.1) is 0 Å². The molecule has 1 aliphatic heterocycles. The van der Waals surface area contributed by atoms with Crippen LogP contribution in [0.1, 0.15) is 46.0 Å². The van der Waals surface area contributed by atoms with E-state index >= 15 is 0 Å². The Kier molecular flexibility index (Phi) is 3.00. The van der Waals surface area contributed by atoms with Crippen LogP contribution in [0, 0.1) is 0 Å². The normalized spacial score (nSPS) is 23.1. The number of hydrogen-bond donors (Lipinski definition) is 1. The molecule has 5 heteroatoms. The van der Waals surface area contributed by atoms with E-state index in [4.69, 9.17) is 5.11 Å². The SMILES string of the molecule is CC1=C(C)C(=O)N(C2(CC(=O)O)CCCC2)C1=O. The fraction of sp³-hybridized carbons (Fsp3) is 0.615. The molecule has 0 radical (unpaired) electrons. The van der Waals surface area contributed by atoms with Gasteiger partial charge in [0, 0.05) is 11.1 Å². The fourth-order valence-corrected chi connectivity index (χ4v) is 2.97. The van der Waals surface area contributed by atoms with Crippen molar-refractivity contribution in [3.8, 4) is 0 Å². The maximum atomic E-state index is 12.2. The molecule has 5 nitrogen and oxygen atoms in total. The zero-order valence-corrected chi connectivity index (χ0v) is 10.7. The second-order valence-electron chi connectivity index (χ2n) is 5.20. The molecule has 18 heavy (non-hydrogen) atoms. The van der Waals surface area contributed by atoms with E-state index in [1.165, 1.54) is 4.90 Å². The topological polar surface area (TPSA) is 74.7 Å². The number of carbonyl (C=O) groups is 3. The van der Waals surface area contributed by atoms with Crippen LogP contribution in [0.5, 0.6) is 0 Å². The Morgan fingerprint density at radius 2 is 1.61 bits per heavy atom. The van der Waals surface area contributed by atoms with Gasteiger partial charge in [0.1, 0.15) is 0 Å². The average Bonchev–Trinajstić information content (AvgIpc) is 2.81. The highest BCUT2D eigenvalue weighted by molar-refractivity contribution is 6.19. The van der Waals surface area contributed by atoms with Gasteiger partial charge in [-0.2, -0.15) is 0 Å². The molecule has 0 saturated heterocycles. The summed E-state index contributed by atoms with van der Waals surface area (Å²) in [7, 11) is 0. The van der Waals surface area contributed by atoms with E-state index in [1.807, 2.05) is 0 Å². The summed E-state index contributed by atoms with van der Waals surface area (Å²) in [4.78, 5) is 36.5. The van der Waals surface area contributed by atoms with Crippen molar-refractivity contribution in [3.63, 3.8) is 0 Å². The average molecular weight is 251 g/mol. The third-order valence-electron chi connectivity index (χ3n) is 4.10. The van der Waals surface area contributed by atoms with E-state index in [-0.39, 0.29) is 18.2 Å². The maximum Gasteiger partial charge on any atom is 0.305 e. The maximum absolute atomic E-state index is 12.2. The Hall–Kier alpha value is -1.65. The van der Waals surface area contributed by atoms with E-state index in [9.17, 15) is 14.4 Å². The third-order valence-corrected chi connectivity index (χ3v) is 4.10. The number of carboxylic acid groups (broad SMARTS) is 1. The van der Waals surface area contributed by atoms with Gasteiger partial charge in [-0.05, 0) is 26.7 Å². The molecule has 98 valence electrons. The minimum Gasteiger partial charge on any atom is -0.481 e. The van der Waals surface area contributed by atoms with Crippen LogP contribution >= 0.6 is 0 Å². The van der Waals surface area contributed by atoms with Crippen molar-refractivity contribution in [2.45, 2.75) is 51.5 Å². The van der Waals surface area contributed by atoms with Gasteiger partial charge in [-0.1, -0.05) is 12.8 Å². The van der Waals surface area contributed by atoms with Crippen LogP contribution in [-0.4, -0.2) is 33.3 Å². The first kappa shape index (κ1) is 12.8. The minimum atomic E-state index is -0.959. The van der Waals surface area contributed by atoms with Crippen molar-refractivity contribution in [2.75, 3.05) is 0 Å². The van der Waals surface area contributed by atoms with Crippen molar-refractivity contribution in [1.29, 1.82) is 0 Å². The molecule has 2 rings (SSSR count). The Labute approximate surface area is 105 Å². The van der Waals surface area contributed by atoms with Crippen molar-refractivity contribution >= 4 is 17.8 Å². The first-order valence-corrected chi connectivity index (χ1v) is 6.17. The lowest BCUT2D eigenvalue weighted by atomic mass is 9.90. The van der Waals surface area contributed by atoms with Crippen LogP contribution in [0.25, 0.3) is 0 Å². The summed E-state index contributed by atoms with van der Waals surface area (Å²) >= 11 is 0. The Bertz CT molecular complexity index is 434. The molecule has 2 aliphatic rings. The number of rotatable bonds is 3. The summed E-state index contributed by atoms with van der Waals surface area (Å²) in [6, 6.07) is 0. The summed E-state index contributed by atoms with van der Waals surface area (Å²) in [5, 5.41) is 9.04. The third kappa shape index (κ3) is 1.74. The molecule has 1 heterocycles. The van der Waals surface area contributed by atoms with Crippen molar-refractivity contribution in [2.24, 2.45) is 0 Å². The summed E-state index contributed by atoms with van der Waals surface area (Å²) in [5.74, 6) is -1.60. The molecule has 0 aromatic carbocycles. The number of imide groups is 1. The molecule has 0 bridgehead atoms. The molecule has 1 aliphatic carbocycles. The van der Waals surface area contributed by atoms with Gasteiger partial charge in [-0.3, -0.25) is 19.3 Å². The summed E-state index contributed by atoms with van der Waals surface area (Å²) < 4.78 is 0. The molecule has 1 N–H and O–H groups in total. The van der Waals surface area contributed by atoms with Crippen LogP contribution in [-0.2, 0) is 14.4 Å². The van der Waals surface area contributed by atoms with Crippen LogP contribution < -0.4 is 0 Å². The molecule has 0 spiro atoms. The number of carbonyl (C=O) groups excluding carboxylic acids is 2. The van der Waals surface area contributed by atoms with Gasteiger partial charge in [0.25, 0.3) is 11.8 Å². The quantitative estimate of drug-likeness (QED) is 0.771. The van der Waals surface area contributed by atoms with Crippen molar-refractivity contribution < 1.29 is 19.5 Å². The Balaban J connectivity index is 2.37. The number of carboxylic acids is 1. The molecule has 2 amide bonds. The number of hydrogen-bond acceptors (Lipinski definition) is 3. The first-order valence-electron chi connectivity index (χ1n) is 6.17. The van der Waals surface area contributed by atoms with E-state index < -0.39 is 11.5 Å². The highest BCUT2D eigenvalue weighted by Gasteiger charge is 2.50. The van der Waals surface area contributed by atoms with Gasteiger partial charge in [0.05, 0.1) is 12.0 Å². The molecule has 0 aromatic heterocycles. The molecule has 0 aromatic rings. The van der Waals surface area contributed by atoms with Crippen LogP contribution in [0.3, 0.4) is 0 Å². The minimum absolute atomic E-state index is 0.148. The highest BCUT2D eigenvalue weighted by atomic mass is 16.4. The van der Waals surface area contributed by atoms with Crippen molar-refractivity contribution in [3.05, 3.63) is 11.1 Å². The molecule has 1 saturated carbocycles. The number of aliphatic carboxylic acids is 1. The largest absolute Gasteiger partial charge is 0.481 e. The predicted octanol–water partition coefficient (Wildman–Crippen LogP) is 1.48. The molecular weight excluding hydrogens is 234 g/mol. The molecule has 1 fully saturated rings. The Morgan fingerprint density at radius 3 is 2.00 bits per heavy atom. The van der Waals surface area contributed by atoms with Crippen molar-refractivity contribution in [1.82, 2.24) is 4.90 Å². The number of nitrogens with zero attached hydrogens (tertiary/aromatic N) is 1. The van der Waals surface area contributed by atoms with Gasteiger partial charge < -0.3 is 5.11 Å². The first-order chi connectivity index (χ1) is 8.39. The highest BCUT2D eigenvalue weighted by Crippen LogP contribution is 2.41. The second-order valence-corrected chi connectivity index (χ2v) is 5.20. The Morgan fingerprint density at radius 1 is 1.17 bits per heavy atom. The summed E-state index contributed by atoms with van der Waals surface area (Å²) in [5.41, 5.74) is 0.0762. The molecular formula is C13H17NO4.